The number of pyridine rings is 1. The number of nitrogens with zero attached hydrogens (tertiary/aromatic N) is 3. The minimum atomic E-state index is -3.62. The van der Waals surface area contributed by atoms with Gasteiger partial charge in [0, 0.05) is 29.6 Å². The molecule has 0 radical (unpaired) electrons. The Kier molecular flexibility index (Phi) is 6.44. The van der Waals surface area contributed by atoms with Crippen LogP contribution in [0, 0.1) is 11.5 Å². The number of rotatable bonds is 5. The molecule has 0 atom stereocenters. The Hall–Kier alpha value is -3.41. The monoisotopic (exact) mass is 425 g/mol. The summed E-state index contributed by atoms with van der Waals surface area (Å²) in [5, 5.41) is 15.3. The second-order valence-electron chi connectivity index (χ2n) is 5.88. The third-order valence-electron chi connectivity index (χ3n) is 3.92. The van der Waals surface area contributed by atoms with Crippen molar-refractivity contribution in [3.05, 3.63) is 83.6 Å². The van der Waals surface area contributed by atoms with Crippen molar-refractivity contribution in [2.24, 2.45) is 4.99 Å². The van der Waals surface area contributed by atoms with Gasteiger partial charge in [0.15, 0.2) is 0 Å². The quantitative estimate of drug-likeness (QED) is 0.367. The summed E-state index contributed by atoms with van der Waals surface area (Å²) in [6.07, 6.45) is 4.97. The smallest absolute Gasteiger partial charge is 0.212 e. The maximum atomic E-state index is 12.7. The zero-order valence-electron chi connectivity index (χ0n) is 15.1. The molecule has 0 bridgehead atoms. The predicted molar refractivity (Wildman–Crippen MR) is 111 cm³/mol. The molecule has 0 saturated heterocycles. The van der Waals surface area contributed by atoms with Crippen LogP contribution in [0.3, 0.4) is 0 Å². The van der Waals surface area contributed by atoms with Gasteiger partial charge in [0.05, 0.1) is 9.79 Å². The molecule has 3 aromatic rings. The van der Waals surface area contributed by atoms with E-state index in [1.165, 1.54) is 12.1 Å². The first kappa shape index (κ1) is 20.3. The van der Waals surface area contributed by atoms with Crippen LogP contribution in [0.15, 0.2) is 87.8 Å². The van der Waals surface area contributed by atoms with Gasteiger partial charge in [-0.25, -0.2) is 8.42 Å². The summed E-state index contributed by atoms with van der Waals surface area (Å²) in [7, 11) is -3.62. The van der Waals surface area contributed by atoms with Crippen molar-refractivity contribution in [2.45, 2.75) is 16.3 Å². The number of aliphatic imine (C=N–C) groups is 1. The van der Waals surface area contributed by atoms with Crippen molar-refractivity contribution >= 4 is 33.1 Å². The molecule has 2 N–H and O–H groups in total. The minimum Gasteiger partial charge on any atom is -0.351 e. The second kappa shape index (κ2) is 9.19. The lowest BCUT2D eigenvalue weighted by molar-refractivity contribution is 0.596. The lowest BCUT2D eigenvalue weighted by Crippen LogP contribution is -2.30. The Morgan fingerprint density at radius 1 is 1.00 bits per heavy atom. The van der Waals surface area contributed by atoms with Gasteiger partial charge in [-0.15, -0.1) is 4.99 Å². The van der Waals surface area contributed by atoms with Crippen molar-refractivity contribution in [3.63, 3.8) is 0 Å². The summed E-state index contributed by atoms with van der Waals surface area (Å²) >= 11 is 5.82. The maximum absolute atomic E-state index is 12.7. The van der Waals surface area contributed by atoms with E-state index in [4.69, 9.17) is 16.9 Å². The predicted octanol–water partition coefficient (Wildman–Crippen LogP) is 3.61. The zero-order chi connectivity index (χ0) is 20.7. The molecule has 0 unspecified atom stereocenters. The van der Waals surface area contributed by atoms with Crippen molar-refractivity contribution in [3.8, 4) is 6.19 Å². The molecule has 0 amide bonds. The Bertz CT molecular complexity index is 1140. The molecule has 0 aliphatic carbocycles. The van der Waals surface area contributed by atoms with Crippen molar-refractivity contribution < 1.29 is 8.42 Å². The van der Waals surface area contributed by atoms with Crippen molar-refractivity contribution in [2.75, 3.05) is 5.32 Å². The summed E-state index contributed by atoms with van der Waals surface area (Å²) in [4.78, 5) is 8.00. The Morgan fingerprint density at radius 3 is 2.17 bits per heavy atom. The number of halogens is 1. The number of nitrogens with one attached hydrogen (secondary N) is 2. The van der Waals surface area contributed by atoms with Crippen molar-refractivity contribution in [1.82, 2.24) is 10.3 Å². The number of hydrogen-bond acceptors (Lipinski definition) is 5. The summed E-state index contributed by atoms with van der Waals surface area (Å²) in [6, 6.07) is 16.0. The highest BCUT2D eigenvalue weighted by atomic mass is 35.5. The van der Waals surface area contributed by atoms with Crippen LogP contribution >= 0.6 is 11.6 Å². The van der Waals surface area contributed by atoms with Crippen LogP contribution in [0.2, 0.25) is 5.02 Å². The summed E-state index contributed by atoms with van der Waals surface area (Å²) < 4.78 is 25.4. The molecular weight excluding hydrogens is 410 g/mol. The number of hydrogen-bond donors (Lipinski definition) is 2. The van der Waals surface area contributed by atoms with Crippen LogP contribution in [0.5, 0.6) is 0 Å². The molecule has 146 valence electrons. The van der Waals surface area contributed by atoms with Crippen LogP contribution in [0.1, 0.15) is 5.56 Å². The van der Waals surface area contributed by atoms with Crippen molar-refractivity contribution in [1.29, 1.82) is 5.26 Å². The van der Waals surface area contributed by atoms with Crippen LogP contribution < -0.4 is 10.6 Å². The van der Waals surface area contributed by atoms with E-state index < -0.39 is 9.84 Å². The SMILES string of the molecule is N#CN=C(NCc1ccc(S(=O)(=O)c2ccc(Cl)cc2)cc1)Nc1ccncc1. The summed E-state index contributed by atoms with van der Waals surface area (Å²) in [5.74, 6) is 0.275. The zero-order valence-corrected chi connectivity index (χ0v) is 16.7. The molecule has 9 heteroatoms. The minimum absolute atomic E-state index is 0.178. The maximum Gasteiger partial charge on any atom is 0.212 e. The van der Waals surface area contributed by atoms with E-state index in [1.54, 1.807) is 67.1 Å². The average molecular weight is 426 g/mol. The third-order valence-corrected chi connectivity index (χ3v) is 5.96. The second-order valence-corrected chi connectivity index (χ2v) is 8.26. The van der Waals surface area contributed by atoms with Gasteiger partial charge >= 0.3 is 0 Å². The molecule has 0 aliphatic heterocycles. The van der Waals surface area contributed by atoms with Crippen LogP contribution in [-0.4, -0.2) is 19.4 Å². The van der Waals surface area contributed by atoms with E-state index in [0.29, 0.717) is 11.6 Å². The molecular formula is C20H16ClN5O2S. The number of aromatic nitrogens is 1. The molecule has 0 fully saturated rings. The van der Waals surface area contributed by atoms with Gasteiger partial charge in [-0.2, -0.15) is 5.26 Å². The first-order valence-electron chi connectivity index (χ1n) is 8.46. The molecule has 1 heterocycles. The Labute approximate surface area is 173 Å². The Morgan fingerprint density at radius 2 is 1.59 bits per heavy atom. The van der Waals surface area contributed by atoms with E-state index in [1.807, 2.05) is 0 Å². The molecule has 7 nitrogen and oxygen atoms in total. The fourth-order valence-corrected chi connectivity index (χ4v) is 3.84. The number of benzene rings is 2. The normalized spacial score (nSPS) is 11.5. The van der Waals surface area contributed by atoms with Crippen LogP contribution in [-0.2, 0) is 16.4 Å². The van der Waals surface area contributed by atoms with E-state index in [0.717, 1.165) is 11.3 Å². The Balaban J connectivity index is 1.69. The molecule has 0 aliphatic rings. The largest absolute Gasteiger partial charge is 0.351 e. The number of anilines is 1. The molecule has 29 heavy (non-hydrogen) atoms. The summed E-state index contributed by atoms with van der Waals surface area (Å²) in [6.45, 7) is 0.347. The van der Waals surface area contributed by atoms with Gasteiger partial charge in [0.1, 0.15) is 0 Å². The topological polar surface area (TPSA) is 107 Å². The van der Waals surface area contributed by atoms with Crippen LogP contribution in [0.25, 0.3) is 0 Å². The van der Waals surface area contributed by atoms with E-state index >= 15 is 0 Å². The lowest BCUT2D eigenvalue weighted by atomic mass is 10.2. The molecule has 0 saturated carbocycles. The fourth-order valence-electron chi connectivity index (χ4n) is 2.46. The van der Waals surface area contributed by atoms with Gasteiger partial charge in [-0.3, -0.25) is 4.98 Å². The molecule has 1 aromatic heterocycles. The molecule has 2 aromatic carbocycles. The highest BCUT2D eigenvalue weighted by Crippen LogP contribution is 2.22. The van der Waals surface area contributed by atoms with Gasteiger partial charge in [-0.1, -0.05) is 23.7 Å². The first-order chi connectivity index (χ1) is 14.0. The highest BCUT2D eigenvalue weighted by Gasteiger charge is 2.17. The third kappa shape index (κ3) is 5.31. The summed E-state index contributed by atoms with van der Waals surface area (Å²) in [5.41, 5.74) is 1.55. The standard InChI is InChI=1S/C20H16ClN5O2S/c21-16-3-7-19(8-4-16)29(27,28)18-5-1-15(2-6-18)13-24-20(25-14-22)26-17-9-11-23-12-10-17/h1-12H,13H2,(H2,23,24,25,26). The number of nitriles is 1. The molecule has 3 rings (SSSR count). The average Bonchev–Trinajstić information content (AvgIpc) is 2.73. The van der Waals surface area contributed by atoms with E-state index in [2.05, 4.69) is 20.6 Å². The highest BCUT2D eigenvalue weighted by molar-refractivity contribution is 7.91. The number of guanidine groups is 1. The van der Waals surface area contributed by atoms with E-state index in [9.17, 15) is 8.42 Å². The lowest BCUT2D eigenvalue weighted by Gasteiger charge is -2.11. The van der Waals surface area contributed by atoms with E-state index in [-0.39, 0.29) is 15.8 Å². The van der Waals surface area contributed by atoms with Crippen LogP contribution in [0.4, 0.5) is 5.69 Å². The van der Waals surface area contributed by atoms with Gasteiger partial charge in [0.2, 0.25) is 22.0 Å². The fraction of sp³-hybridized carbons (Fsp3) is 0.0500. The van der Waals surface area contributed by atoms with Gasteiger partial charge in [0.25, 0.3) is 0 Å². The first-order valence-corrected chi connectivity index (χ1v) is 10.3. The molecule has 0 spiro atoms. The van der Waals surface area contributed by atoms with Gasteiger partial charge < -0.3 is 10.6 Å². The van der Waals surface area contributed by atoms with Gasteiger partial charge in [-0.05, 0) is 54.1 Å². The number of sulfone groups is 1.